The van der Waals surface area contributed by atoms with E-state index < -0.39 is 0 Å². The van der Waals surface area contributed by atoms with Crippen molar-refractivity contribution in [1.29, 1.82) is 0 Å². The molecular formula is C17H21NO4S. The minimum absolute atomic E-state index is 0.0525. The van der Waals surface area contributed by atoms with Crippen molar-refractivity contribution in [3.05, 3.63) is 41.5 Å². The molecule has 0 spiro atoms. The predicted octanol–water partition coefficient (Wildman–Crippen LogP) is 2.42. The van der Waals surface area contributed by atoms with Crippen LogP contribution >= 0.6 is 11.8 Å². The van der Waals surface area contributed by atoms with Gasteiger partial charge in [-0.05, 0) is 18.6 Å². The van der Waals surface area contributed by atoms with Crippen LogP contribution in [0.1, 0.15) is 25.8 Å². The van der Waals surface area contributed by atoms with E-state index in [1.54, 1.807) is 13.0 Å². The summed E-state index contributed by atoms with van der Waals surface area (Å²) in [6, 6.07) is 9.40. The molecule has 0 atom stereocenters. The molecule has 0 bridgehead atoms. The van der Waals surface area contributed by atoms with Crippen LogP contribution in [0.25, 0.3) is 6.08 Å². The third kappa shape index (κ3) is 8.21. The van der Waals surface area contributed by atoms with Crippen molar-refractivity contribution in [2.24, 2.45) is 0 Å². The zero-order valence-electron chi connectivity index (χ0n) is 13.3. The van der Waals surface area contributed by atoms with Gasteiger partial charge >= 0.3 is 5.97 Å². The van der Waals surface area contributed by atoms with Crippen molar-refractivity contribution in [2.45, 2.75) is 20.3 Å². The van der Waals surface area contributed by atoms with E-state index in [2.05, 4.69) is 5.32 Å². The van der Waals surface area contributed by atoms with Gasteiger partial charge in [-0.15, -0.1) is 0 Å². The summed E-state index contributed by atoms with van der Waals surface area (Å²) in [6.45, 7) is 3.72. The van der Waals surface area contributed by atoms with Crippen molar-refractivity contribution in [1.82, 2.24) is 5.32 Å². The number of thioether (sulfide) groups is 1. The first kappa shape index (κ1) is 19.0. The SMILES string of the molecule is CCOC(=O)CCNC(=O)/C(=C\c1ccccc1)CSC(C)=O. The summed E-state index contributed by atoms with van der Waals surface area (Å²) in [5.41, 5.74) is 1.37. The summed E-state index contributed by atoms with van der Waals surface area (Å²) in [7, 11) is 0. The van der Waals surface area contributed by atoms with Crippen molar-refractivity contribution in [2.75, 3.05) is 18.9 Å². The number of hydrogen-bond donors (Lipinski definition) is 1. The van der Waals surface area contributed by atoms with Gasteiger partial charge in [-0.25, -0.2) is 0 Å². The molecule has 1 aromatic rings. The topological polar surface area (TPSA) is 72.5 Å². The molecule has 0 saturated carbocycles. The number of rotatable bonds is 8. The highest BCUT2D eigenvalue weighted by atomic mass is 32.2. The maximum Gasteiger partial charge on any atom is 0.307 e. The zero-order chi connectivity index (χ0) is 17.1. The van der Waals surface area contributed by atoms with Crippen molar-refractivity contribution < 1.29 is 19.1 Å². The van der Waals surface area contributed by atoms with Gasteiger partial charge in [0.05, 0.1) is 13.0 Å². The first-order valence-electron chi connectivity index (χ1n) is 7.35. The standard InChI is InChI=1S/C17H21NO4S/c1-3-22-16(20)9-10-18-17(21)15(12-23-13(2)19)11-14-7-5-4-6-8-14/h4-8,11H,3,9-10,12H2,1-2H3,(H,18,21)/b15-11-. The Labute approximate surface area is 140 Å². The molecule has 0 heterocycles. The Morgan fingerprint density at radius 2 is 1.91 bits per heavy atom. The zero-order valence-corrected chi connectivity index (χ0v) is 14.2. The van der Waals surface area contributed by atoms with E-state index >= 15 is 0 Å². The molecule has 23 heavy (non-hydrogen) atoms. The highest BCUT2D eigenvalue weighted by molar-refractivity contribution is 8.13. The van der Waals surface area contributed by atoms with Gasteiger partial charge in [0, 0.05) is 24.8 Å². The Morgan fingerprint density at radius 1 is 1.22 bits per heavy atom. The lowest BCUT2D eigenvalue weighted by Gasteiger charge is -2.08. The molecule has 0 unspecified atom stereocenters. The number of benzene rings is 1. The molecule has 0 aliphatic carbocycles. The summed E-state index contributed by atoms with van der Waals surface area (Å²) in [4.78, 5) is 34.6. The maximum atomic E-state index is 12.2. The number of ether oxygens (including phenoxy) is 1. The summed E-state index contributed by atoms with van der Waals surface area (Å²) in [6.07, 6.45) is 1.87. The first-order chi connectivity index (χ1) is 11.0. The van der Waals surface area contributed by atoms with Gasteiger partial charge in [0.25, 0.3) is 0 Å². The molecule has 6 heteroatoms. The van der Waals surface area contributed by atoms with Gasteiger partial charge in [0.15, 0.2) is 5.12 Å². The number of hydrogen-bond acceptors (Lipinski definition) is 5. The Kier molecular flexibility index (Phi) is 8.75. The van der Waals surface area contributed by atoms with E-state index in [-0.39, 0.29) is 35.7 Å². The molecule has 1 aromatic carbocycles. The average molecular weight is 335 g/mol. The number of carbonyl (C=O) groups excluding carboxylic acids is 3. The molecule has 124 valence electrons. The molecule has 5 nitrogen and oxygen atoms in total. The lowest BCUT2D eigenvalue weighted by atomic mass is 10.1. The van der Waals surface area contributed by atoms with E-state index in [0.29, 0.717) is 12.2 Å². The third-order valence-electron chi connectivity index (χ3n) is 2.78. The van der Waals surface area contributed by atoms with Gasteiger partial charge in [-0.1, -0.05) is 42.1 Å². The Morgan fingerprint density at radius 3 is 2.52 bits per heavy atom. The van der Waals surface area contributed by atoms with Gasteiger partial charge in [-0.2, -0.15) is 0 Å². The van der Waals surface area contributed by atoms with Crippen LogP contribution in [0.4, 0.5) is 0 Å². The van der Waals surface area contributed by atoms with E-state index in [0.717, 1.165) is 17.3 Å². The van der Waals surface area contributed by atoms with E-state index in [9.17, 15) is 14.4 Å². The van der Waals surface area contributed by atoms with E-state index in [4.69, 9.17) is 4.74 Å². The van der Waals surface area contributed by atoms with Crippen LogP contribution in [0, 0.1) is 0 Å². The highest BCUT2D eigenvalue weighted by Crippen LogP contribution is 2.13. The largest absolute Gasteiger partial charge is 0.466 e. The summed E-state index contributed by atoms with van der Waals surface area (Å²) in [5.74, 6) is -0.346. The van der Waals surface area contributed by atoms with Crippen molar-refractivity contribution in [3.63, 3.8) is 0 Å². The van der Waals surface area contributed by atoms with E-state index in [1.807, 2.05) is 30.3 Å². The second kappa shape index (κ2) is 10.6. The summed E-state index contributed by atoms with van der Waals surface area (Å²) < 4.78 is 4.81. The quantitative estimate of drug-likeness (QED) is 0.583. The van der Waals surface area contributed by atoms with Gasteiger partial charge in [0.2, 0.25) is 5.91 Å². The fraction of sp³-hybridized carbons (Fsp3) is 0.353. The molecule has 0 aliphatic heterocycles. The molecule has 1 N–H and O–H groups in total. The number of carbonyl (C=O) groups is 3. The van der Waals surface area contributed by atoms with Crippen LogP contribution in [-0.4, -0.2) is 35.9 Å². The number of amides is 1. The highest BCUT2D eigenvalue weighted by Gasteiger charge is 2.12. The molecule has 0 radical (unpaired) electrons. The number of nitrogens with one attached hydrogen (secondary N) is 1. The Balaban J connectivity index is 2.67. The number of esters is 1. The second-order valence-corrected chi connectivity index (χ2v) is 5.82. The van der Waals surface area contributed by atoms with Crippen LogP contribution in [0.3, 0.4) is 0 Å². The summed E-state index contributed by atoms with van der Waals surface area (Å²) in [5, 5.41) is 2.63. The molecule has 0 fully saturated rings. The van der Waals surface area contributed by atoms with Crippen LogP contribution in [0.2, 0.25) is 0 Å². The maximum absolute atomic E-state index is 12.2. The average Bonchev–Trinajstić information content (AvgIpc) is 2.52. The fourth-order valence-electron chi connectivity index (χ4n) is 1.73. The van der Waals surface area contributed by atoms with Gasteiger partial charge in [-0.3, -0.25) is 14.4 Å². The fourth-order valence-corrected chi connectivity index (χ4v) is 2.30. The molecule has 0 aromatic heterocycles. The molecule has 1 rings (SSSR count). The van der Waals surface area contributed by atoms with Crippen molar-refractivity contribution in [3.8, 4) is 0 Å². The smallest absolute Gasteiger partial charge is 0.307 e. The minimum atomic E-state index is -0.348. The van der Waals surface area contributed by atoms with Crippen LogP contribution in [0.15, 0.2) is 35.9 Å². The molecule has 1 amide bonds. The first-order valence-corrected chi connectivity index (χ1v) is 8.34. The van der Waals surface area contributed by atoms with E-state index in [1.165, 1.54) is 6.92 Å². The van der Waals surface area contributed by atoms with Crippen molar-refractivity contribution >= 4 is 34.8 Å². The van der Waals surface area contributed by atoms with Gasteiger partial charge < -0.3 is 10.1 Å². The van der Waals surface area contributed by atoms with Crippen LogP contribution < -0.4 is 5.32 Å². The van der Waals surface area contributed by atoms with Gasteiger partial charge in [0.1, 0.15) is 0 Å². The monoisotopic (exact) mass is 335 g/mol. The molecule has 0 saturated heterocycles. The van der Waals surface area contributed by atoms with Crippen LogP contribution in [-0.2, 0) is 19.1 Å². The third-order valence-corrected chi connectivity index (χ3v) is 3.64. The summed E-state index contributed by atoms with van der Waals surface area (Å²) >= 11 is 1.08. The second-order valence-electron chi connectivity index (χ2n) is 4.67. The normalized spacial score (nSPS) is 11.0. The lowest BCUT2D eigenvalue weighted by Crippen LogP contribution is -2.28. The van der Waals surface area contributed by atoms with Crippen LogP contribution in [0.5, 0.6) is 0 Å². The Hall–Kier alpha value is -2.08. The minimum Gasteiger partial charge on any atom is -0.466 e. The molecular weight excluding hydrogens is 314 g/mol. The Bertz CT molecular complexity index is 569. The molecule has 0 aliphatic rings. The predicted molar refractivity (Wildman–Crippen MR) is 91.8 cm³/mol. The lowest BCUT2D eigenvalue weighted by molar-refractivity contribution is -0.143.